The van der Waals surface area contributed by atoms with Crippen molar-refractivity contribution < 1.29 is 9.59 Å². The number of hydrogen-bond acceptors (Lipinski definition) is 3. The average molecular weight is 377 g/mol. The number of aryl methyl sites for hydroxylation is 1. The number of carbonyl (C=O) groups is 2. The summed E-state index contributed by atoms with van der Waals surface area (Å²) < 4.78 is 0. The second kappa shape index (κ2) is 8.05. The number of amides is 2. The van der Waals surface area contributed by atoms with E-state index >= 15 is 0 Å². The van der Waals surface area contributed by atoms with Crippen LogP contribution in [-0.2, 0) is 16.1 Å². The van der Waals surface area contributed by atoms with Crippen molar-refractivity contribution in [2.45, 2.75) is 32.7 Å². The van der Waals surface area contributed by atoms with Gasteiger partial charge in [0, 0.05) is 44.0 Å². The van der Waals surface area contributed by atoms with E-state index in [1.807, 2.05) is 37.3 Å². The standard InChI is InChI=1S/C23H27N3O2/c1-17-5-4-6-18(13-17)15-24-23(28)19-14-22(27)26(16-19)21-9-7-20(8-10-21)25-11-2-3-12-25/h4-10,13,19H,2-3,11-12,14-16H2,1H3,(H,24,28). The van der Waals surface area contributed by atoms with Crippen LogP contribution in [0.1, 0.15) is 30.4 Å². The highest BCUT2D eigenvalue weighted by atomic mass is 16.2. The lowest BCUT2D eigenvalue weighted by Crippen LogP contribution is -2.32. The van der Waals surface area contributed by atoms with Crippen LogP contribution in [0.25, 0.3) is 0 Å². The fourth-order valence-corrected chi connectivity index (χ4v) is 4.11. The predicted octanol–water partition coefficient (Wildman–Crippen LogP) is 3.26. The average Bonchev–Trinajstić information content (AvgIpc) is 3.36. The van der Waals surface area contributed by atoms with Crippen molar-refractivity contribution in [3.05, 3.63) is 59.7 Å². The maximum absolute atomic E-state index is 12.6. The first-order valence-corrected chi connectivity index (χ1v) is 10.1. The number of anilines is 2. The fraction of sp³-hybridized carbons (Fsp3) is 0.391. The molecule has 146 valence electrons. The molecule has 2 aromatic carbocycles. The summed E-state index contributed by atoms with van der Waals surface area (Å²) in [4.78, 5) is 29.2. The van der Waals surface area contributed by atoms with Gasteiger partial charge in [-0.2, -0.15) is 0 Å². The Morgan fingerprint density at radius 2 is 1.79 bits per heavy atom. The zero-order chi connectivity index (χ0) is 19.5. The van der Waals surface area contributed by atoms with Crippen LogP contribution in [0.4, 0.5) is 11.4 Å². The van der Waals surface area contributed by atoms with Gasteiger partial charge < -0.3 is 15.1 Å². The normalized spacial score (nSPS) is 19.3. The van der Waals surface area contributed by atoms with Crippen LogP contribution in [-0.4, -0.2) is 31.4 Å². The zero-order valence-corrected chi connectivity index (χ0v) is 16.4. The first-order chi connectivity index (χ1) is 13.6. The van der Waals surface area contributed by atoms with Gasteiger partial charge >= 0.3 is 0 Å². The third-order valence-corrected chi connectivity index (χ3v) is 5.68. The van der Waals surface area contributed by atoms with E-state index in [4.69, 9.17) is 0 Å². The molecule has 2 saturated heterocycles. The summed E-state index contributed by atoms with van der Waals surface area (Å²) in [5.41, 5.74) is 4.33. The van der Waals surface area contributed by atoms with Gasteiger partial charge in [0.05, 0.1) is 5.92 Å². The minimum absolute atomic E-state index is 0.0182. The number of hydrogen-bond donors (Lipinski definition) is 1. The lowest BCUT2D eigenvalue weighted by atomic mass is 10.1. The summed E-state index contributed by atoms with van der Waals surface area (Å²) in [6.45, 7) is 5.18. The van der Waals surface area contributed by atoms with Crippen LogP contribution in [0.3, 0.4) is 0 Å². The molecule has 2 amide bonds. The lowest BCUT2D eigenvalue weighted by Gasteiger charge is -2.20. The van der Waals surface area contributed by atoms with E-state index in [0.29, 0.717) is 13.1 Å². The highest BCUT2D eigenvalue weighted by Gasteiger charge is 2.35. The Balaban J connectivity index is 1.36. The minimum Gasteiger partial charge on any atom is -0.372 e. The molecule has 0 aromatic heterocycles. The second-order valence-corrected chi connectivity index (χ2v) is 7.82. The Hall–Kier alpha value is -2.82. The molecule has 2 aromatic rings. The van der Waals surface area contributed by atoms with Gasteiger partial charge in [-0.15, -0.1) is 0 Å². The van der Waals surface area contributed by atoms with Crippen molar-refractivity contribution in [1.29, 1.82) is 0 Å². The molecule has 5 nitrogen and oxygen atoms in total. The van der Waals surface area contributed by atoms with Crippen molar-refractivity contribution in [1.82, 2.24) is 5.32 Å². The number of rotatable bonds is 5. The second-order valence-electron chi connectivity index (χ2n) is 7.82. The van der Waals surface area contributed by atoms with Gasteiger partial charge in [0.25, 0.3) is 0 Å². The number of nitrogens with one attached hydrogen (secondary N) is 1. The smallest absolute Gasteiger partial charge is 0.227 e. The van der Waals surface area contributed by atoms with Crippen LogP contribution in [0.5, 0.6) is 0 Å². The van der Waals surface area contributed by atoms with Crippen LogP contribution in [0.15, 0.2) is 48.5 Å². The summed E-state index contributed by atoms with van der Waals surface area (Å²) in [5, 5.41) is 2.98. The SMILES string of the molecule is Cc1cccc(CNC(=O)C2CC(=O)N(c3ccc(N4CCCC4)cc3)C2)c1. The first-order valence-electron chi connectivity index (χ1n) is 10.1. The van der Waals surface area contributed by atoms with Crippen LogP contribution in [0, 0.1) is 12.8 Å². The van der Waals surface area contributed by atoms with Crippen molar-refractivity contribution in [3.8, 4) is 0 Å². The summed E-state index contributed by atoms with van der Waals surface area (Å²) in [6, 6.07) is 16.3. The Labute approximate surface area is 166 Å². The molecule has 0 aliphatic carbocycles. The van der Waals surface area contributed by atoms with Gasteiger partial charge in [0.15, 0.2) is 0 Å². The van der Waals surface area contributed by atoms with Crippen molar-refractivity contribution >= 4 is 23.2 Å². The van der Waals surface area contributed by atoms with Gasteiger partial charge in [0.1, 0.15) is 0 Å². The molecule has 0 saturated carbocycles. The molecule has 2 fully saturated rings. The molecule has 4 rings (SSSR count). The molecular formula is C23H27N3O2. The molecule has 2 heterocycles. The molecule has 0 bridgehead atoms. The number of nitrogens with zero attached hydrogens (tertiary/aromatic N) is 2. The van der Waals surface area contributed by atoms with Crippen LogP contribution >= 0.6 is 0 Å². The molecule has 2 aliphatic rings. The van der Waals surface area contributed by atoms with E-state index in [1.54, 1.807) is 4.90 Å². The quantitative estimate of drug-likeness (QED) is 0.870. The fourth-order valence-electron chi connectivity index (χ4n) is 4.11. The zero-order valence-electron chi connectivity index (χ0n) is 16.4. The highest BCUT2D eigenvalue weighted by molar-refractivity contribution is 6.00. The summed E-state index contributed by atoms with van der Waals surface area (Å²) in [6.07, 6.45) is 2.75. The number of benzene rings is 2. The van der Waals surface area contributed by atoms with Crippen molar-refractivity contribution in [2.24, 2.45) is 5.92 Å². The van der Waals surface area contributed by atoms with E-state index in [9.17, 15) is 9.59 Å². The molecular weight excluding hydrogens is 350 g/mol. The highest BCUT2D eigenvalue weighted by Crippen LogP contribution is 2.28. The minimum atomic E-state index is -0.296. The summed E-state index contributed by atoms with van der Waals surface area (Å²) in [5.74, 6) is -0.328. The van der Waals surface area contributed by atoms with E-state index in [1.165, 1.54) is 24.1 Å². The Bertz CT molecular complexity index is 856. The molecule has 1 atom stereocenters. The Kier molecular flexibility index (Phi) is 5.33. The molecule has 5 heteroatoms. The van der Waals surface area contributed by atoms with E-state index < -0.39 is 0 Å². The van der Waals surface area contributed by atoms with Crippen LogP contribution in [0.2, 0.25) is 0 Å². The lowest BCUT2D eigenvalue weighted by molar-refractivity contribution is -0.126. The largest absolute Gasteiger partial charge is 0.372 e. The summed E-state index contributed by atoms with van der Waals surface area (Å²) in [7, 11) is 0. The molecule has 0 radical (unpaired) electrons. The maximum Gasteiger partial charge on any atom is 0.227 e. The van der Waals surface area contributed by atoms with Crippen molar-refractivity contribution in [3.63, 3.8) is 0 Å². The topological polar surface area (TPSA) is 52.7 Å². The van der Waals surface area contributed by atoms with E-state index in [2.05, 4.69) is 28.4 Å². The first kappa shape index (κ1) is 18.5. The van der Waals surface area contributed by atoms with Crippen molar-refractivity contribution in [2.75, 3.05) is 29.4 Å². The third kappa shape index (κ3) is 4.03. The van der Waals surface area contributed by atoms with Gasteiger partial charge in [-0.3, -0.25) is 9.59 Å². The predicted molar refractivity (Wildman–Crippen MR) is 111 cm³/mol. The number of carbonyl (C=O) groups excluding carboxylic acids is 2. The van der Waals surface area contributed by atoms with Crippen LogP contribution < -0.4 is 15.1 Å². The van der Waals surface area contributed by atoms with E-state index in [0.717, 1.165) is 24.3 Å². The summed E-state index contributed by atoms with van der Waals surface area (Å²) >= 11 is 0. The van der Waals surface area contributed by atoms with Gasteiger partial charge in [-0.1, -0.05) is 29.8 Å². The van der Waals surface area contributed by atoms with Gasteiger partial charge in [-0.05, 0) is 49.6 Å². The van der Waals surface area contributed by atoms with Gasteiger partial charge in [-0.25, -0.2) is 0 Å². The molecule has 28 heavy (non-hydrogen) atoms. The molecule has 2 aliphatic heterocycles. The molecule has 1 unspecified atom stereocenters. The monoisotopic (exact) mass is 377 g/mol. The molecule has 1 N–H and O–H groups in total. The molecule has 0 spiro atoms. The van der Waals surface area contributed by atoms with E-state index in [-0.39, 0.29) is 24.2 Å². The maximum atomic E-state index is 12.6. The van der Waals surface area contributed by atoms with Gasteiger partial charge in [0.2, 0.25) is 11.8 Å². The Morgan fingerprint density at radius 1 is 1.07 bits per heavy atom. The third-order valence-electron chi connectivity index (χ3n) is 5.68. The Morgan fingerprint density at radius 3 is 2.50 bits per heavy atom.